The van der Waals surface area contributed by atoms with Crippen molar-refractivity contribution >= 4 is 51.6 Å². The van der Waals surface area contributed by atoms with Gasteiger partial charge in [-0.25, -0.2) is 4.79 Å². The number of allylic oxidation sites excluding steroid dienone is 1. The third-order valence-corrected chi connectivity index (χ3v) is 7.65. The third kappa shape index (κ3) is 8.08. The van der Waals surface area contributed by atoms with E-state index in [1.165, 1.54) is 23.1 Å². The van der Waals surface area contributed by atoms with E-state index < -0.39 is 5.97 Å². The number of carbonyl (C=O) groups is 2. The smallest absolute Gasteiger partial charge is 0.341 e. The number of aromatic nitrogens is 3. The summed E-state index contributed by atoms with van der Waals surface area (Å²) in [6.45, 7) is 10.9. The van der Waals surface area contributed by atoms with Crippen molar-refractivity contribution in [3.63, 3.8) is 0 Å². The Hall–Kier alpha value is -2.82. The molecule has 0 saturated carbocycles. The van der Waals surface area contributed by atoms with E-state index in [0.29, 0.717) is 40.3 Å². The number of nitrogens with zero attached hydrogens (tertiary/aromatic N) is 3. The van der Waals surface area contributed by atoms with Crippen LogP contribution in [0.25, 0.3) is 0 Å². The first-order valence-corrected chi connectivity index (χ1v) is 14.2. The number of benzene rings is 1. The van der Waals surface area contributed by atoms with E-state index >= 15 is 0 Å². The number of nitrogens with one attached hydrogen (secondary N) is 1. The number of hydrogen-bond donors (Lipinski definition) is 1. The van der Waals surface area contributed by atoms with Crippen molar-refractivity contribution in [3.05, 3.63) is 63.8 Å². The molecule has 0 aliphatic rings. The summed E-state index contributed by atoms with van der Waals surface area (Å²) in [4.78, 5) is 26.0. The summed E-state index contributed by atoms with van der Waals surface area (Å²) >= 11 is 8.67. The zero-order valence-corrected chi connectivity index (χ0v) is 23.6. The average Bonchev–Trinajstić information content (AvgIpc) is 3.45. The number of anilines is 1. The van der Waals surface area contributed by atoms with Gasteiger partial charge in [0.05, 0.1) is 24.5 Å². The largest absolute Gasteiger partial charge is 0.493 e. The number of thioether (sulfide) groups is 1. The van der Waals surface area contributed by atoms with Gasteiger partial charge in [0.1, 0.15) is 16.6 Å². The van der Waals surface area contributed by atoms with Gasteiger partial charge >= 0.3 is 5.97 Å². The molecular formula is C26H31ClN4O4S2. The summed E-state index contributed by atoms with van der Waals surface area (Å²) < 4.78 is 13.0. The van der Waals surface area contributed by atoms with Crippen molar-refractivity contribution in [2.75, 3.05) is 24.3 Å². The lowest BCUT2D eigenvalue weighted by Crippen LogP contribution is -2.16. The van der Waals surface area contributed by atoms with Crippen molar-refractivity contribution in [2.45, 2.75) is 51.7 Å². The van der Waals surface area contributed by atoms with E-state index in [1.54, 1.807) is 19.1 Å². The molecule has 0 spiro atoms. The highest BCUT2D eigenvalue weighted by Crippen LogP contribution is 2.30. The topological polar surface area (TPSA) is 95.3 Å². The molecule has 37 heavy (non-hydrogen) atoms. The van der Waals surface area contributed by atoms with Gasteiger partial charge in [0.2, 0.25) is 5.91 Å². The third-order valence-electron chi connectivity index (χ3n) is 5.26. The molecule has 2 heterocycles. The second kappa shape index (κ2) is 14.2. The molecule has 3 aromatic rings. The highest BCUT2D eigenvalue weighted by atomic mass is 35.5. The first-order chi connectivity index (χ1) is 17.9. The maximum atomic E-state index is 12.7. The van der Waals surface area contributed by atoms with Crippen molar-refractivity contribution < 1.29 is 19.1 Å². The van der Waals surface area contributed by atoms with Crippen molar-refractivity contribution in [3.8, 4) is 5.75 Å². The lowest BCUT2D eigenvalue weighted by atomic mass is 10.2. The van der Waals surface area contributed by atoms with Crippen LogP contribution in [-0.2, 0) is 28.9 Å². The molecule has 0 unspecified atom stereocenters. The van der Waals surface area contributed by atoms with Crippen LogP contribution in [-0.4, -0.2) is 45.6 Å². The number of esters is 1. The number of thiophene rings is 1. The first kappa shape index (κ1) is 28.7. The van der Waals surface area contributed by atoms with Gasteiger partial charge in [-0.15, -0.1) is 28.1 Å². The second-order valence-electron chi connectivity index (χ2n) is 8.03. The second-order valence-corrected chi connectivity index (χ2v) is 10.5. The van der Waals surface area contributed by atoms with Crippen LogP contribution in [0.15, 0.2) is 42.1 Å². The van der Waals surface area contributed by atoms with E-state index in [-0.39, 0.29) is 18.3 Å². The van der Waals surface area contributed by atoms with Gasteiger partial charge in [-0.2, -0.15) is 0 Å². The van der Waals surface area contributed by atoms with Crippen LogP contribution < -0.4 is 10.1 Å². The summed E-state index contributed by atoms with van der Waals surface area (Å²) in [5.41, 5.74) is 1.37. The van der Waals surface area contributed by atoms with Gasteiger partial charge in [0.15, 0.2) is 5.16 Å². The van der Waals surface area contributed by atoms with Crippen LogP contribution in [0.5, 0.6) is 5.75 Å². The van der Waals surface area contributed by atoms with Crippen LogP contribution in [0.3, 0.4) is 0 Å². The highest BCUT2D eigenvalue weighted by molar-refractivity contribution is 7.99. The number of hydrogen-bond acceptors (Lipinski definition) is 8. The zero-order valence-electron chi connectivity index (χ0n) is 21.2. The van der Waals surface area contributed by atoms with Crippen molar-refractivity contribution in [1.29, 1.82) is 0 Å². The van der Waals surface area contributed by atoms with Crippen molar-refractivity contribution in [2.24, 2.45) is 0 Å². The zero-order chi connectivity index (χ0) is 26.8. The number of ether oxygens (including phenoxy) is 2. The molecule has 8 nitrogen and oxygen atoms in total. The summed E-state index contributed by atoms with van der Waals surface area (Å²) in [5, 5.41) is 13.3. The van der Waals surface area contributed by atoms with Crippen LogP contribution in [0.2, 0.25) is 5.02 Å². The molecule has 0 aliphatic carbocycles. The molecule has 2 aromatic heterocycles. The van der Waals surface area contributed by atoms with Crippen LogP contribution in [0.4, 0.5) is 5.00 Å². The molecule has 0 bridgehead atoms. The number of amides is 1. The lowest BCUT2D eigenvalue weighted by molar-refractivity contribution is -0.113. The number of aryl methyl sites for hydroxylation is 3. The van der Waals surface area contributed by atoms with Crippen molar-refractivity contribution in [1.82, 2.24) is 14.8 Å². The molecule has 3 rings (SSSR count). The predicted octanol–water partition coefficient (Wildman–Crippen LogP) is 5.97. The van der Waals surface area contributed by atoms with E-state index in [9.17, 15) is 9.59 Å². The Morgan fingerprint density at radius 1 is 1.27 bits per heavy atom. The molecule has 0 saturated heterocycles. The average molecular weight is 563 g/mol. The fourth-order valence-corrected chi connectivity index (χ4v) is 5.47. The lowest BCUT2D eigenvalue weighted by Gasteiger charge is -2.10. The minimum absolute atomic E-state index is 0.121. The molecule has 0 fully saturated rings. The van der Waals surface area contributed by atoms with Gasteiger partial charge in [0.25, 0.3) is 0 Å². The quantitative estimate of drug-likeness (QED) is 0.112. The van der Waals surface area contributed by atoms with Crippen LogP contribution >= 0.6 is 34.7 Å². The van der Waals surface area contributed by atoms with E-state index in [0.717, 1.165) is 34.9 Å². The maximum Gasteiger partial charge on any atom is 0.341 e. The van der Waals surface area contributed by atoms with E-state index in [2.05, 4.69) is 22.1 Å². The molecule has 1 aromatic carbocycles. The van der Waals surface area contributed by atoms with Crippen LogP contribution in [0, 0.1) is 6.92 Å². The van der Waals surface area contributed by atoms with Gasteiger partial charge in [-0.3, -0.25) is 4.79 Å². The first-order valence-electron chi connectivity index (χ1n) is 12.0. The predicted molar refractivity (Wildman–Crippen MR) is 149 cm³/mol. The summed E-state index contributed by atoms with van der Waals surface area (Å²) in [7, 11) is 0. The number of rotatable bonds is 14. The van der Waals surface area contributed by atoms with E-state index in [4.69, 9.17) is 21.1 Å². The van der Waals surface area contributed by atoms with Gasteiger partial charge in [0, 0.05) is 22.9 Å². The Balaban J connectivity index is 1.57. The van der Waals surface area contributed by atoms with E-state index in [1.807, 2.05) is 36.6 Å². The van der Waals surface area contributed by atoms with Gasteiger partial charge in [-0.05, 0) is 56.5 Å². The number of carbonyl (C=O) groups excluding carboxylic acids is 2. The van der Waals surface area contributed by atoms with Gasteiger partial charge < -0.3 is 19.4 Å². The molecule has 198 valence electrons. The Kier molecular flexibility index (Phi) is 11.0. The summed E-state index contributed by atoms with van der Waals surface area (Å²) in [6.07, 6.45) is 3.95. The van der Waals surface area contributed by atoms with Gasteiger partial charge in [-0.1, -0.05) is 36.4 Å². The Labute approximate surface area is 230 Å². The fourth-order valence-electron chi connectivity index (χ4n) is 3.47. The molecule has 11 heteroatoms. The molecular weight excluding hydrogens is 532 g/mol. The SMILES string of the molecule is C=CCn1c(CCCOc2ccc(Cl)cc2C)nnc1SCC(=O)Nc1sc(CC)cc1C(=O)OCC. The maximum absolute atomic E-state index is 12.7. The Morgan fingerprint density at radius 2 is 2.08 bits per heavy atom. The normalized spacial score (nSPS) is 10.8. The monoisotopic (exact) mass is 562 g/mol. The minimum atomic E-state index is -0.438. The fraction of sp³-hybridized carbons (Fsp3) is 0.385. The standard InChI is InChI=1S/C26H31ClN4O4S2/c1-5-12-31-22(9-8-13-35-21-11-10-18(27)14-17(21)4)29-30-26(31)36-16-23(32)28-24-20(25(33)34-7-3)15-19(6-2)37-24/h5,10-11,14-15H,1,6-9,12-13,16H2,2-4H3,(H,28,32). The van der Waals surface area contributed by atoms with Crippen LogP contribution in [0.1, 0.15) is 46.9 Å². The molecule has 1 N–H and O–H groups in total. The molecule has 0 aliphatic heterocycles. The molecule has 0 atom stereocenters. The Morgan fingerprint density at radius 3 is 2.78 bits per heavy atom. The summed E-state index contributed by atoms with van der Waals surface area (Å²) in [6, 6.07) is 7.32. The molecule has 0 radical (unpaired) electrons. The Bertz CT molecular complexity index is 1240. The number of halogens is 1. The summed E-state index contributed by atoms with van der Waals surface area (Å²) in [5.74, 6) is 1.06. The highest BCUT2D eigenvalue weighted by Gasteiger charge is 2.20. The minimum Gasteiger partial charge on any atom is -0.493 e. The molecule has 1 amide bonds.